The molecule has 8 heteroatoms. The largest absolute Gasteiger partial charge is 0.353 e. The van der Waals surface area contributed by atoms with E-state index in [9.17, 15) is 4.79 Å². The van der Waals surface area contributed by atoms with Crippen molar-refractivity contribution >= 4 is 5.91 Å². The van der Waals surface area contributed by atoms with Gasteiger partial charge in [0.05, 0.1) is 24.1 Å². The SMILES string of the molecule is Cn1nccc1CCC(=O)NC1CCC(n2cc(-c3cnccn3)cn2)CC1. The van der Waals surface area contributed by atoms with E-state index in [4.69, 9.17) is 0 Å². The van der Waals surface area contributed by atoms with Gasteiger partial charge in [0.2, 0.25) is 5.91 Å². The number of nitrogens with zero attached hydrogens (tertiary/aromatic N) is 6. The third-order valence-electron chi connectivity index (χ3n) is 5.43. The lowest BCUT2D eigenvalue weighted by atomic mass is 9.91. The molecule has 3 aromatic heterocycles. The van der Waals surface area contributed by atoms with Crippen LogP contribution in [-0.2, 0) is 18.3 Å². The van der Waals surface area contributed by atoms with Gasteiger partial charge in [-0.2, -0.15) is 10.2 Å². The zero-order valence-corrected chi connectivity index (χ0v) is 16.0. The Hall–Kier alpha value is -3.03. The number of carbonyl (C=O) groups excluding carboxylic acids is 1. The van der Waals surface area contributed by atoms with E-state index in [2.05, 4.69) is 25.5 Å². The van der Waals surface area contributed by atoms with Crippen LogP contribution in [0.5, 0.6) is 0 Å². The second kappa shape index (κ2) is 8.33. The van der Waals surface area contributed by atoms with Crippen molar-refractivity contribution in [2.24, 2.45) is 7.05 Å². The minimum Gasteiger partial charge on any atom is -0.353 e. The molecule has 1 fully saturated rings. The summed E-state index contributed by atoms with van der Waals surface area (Å²) in [4.78, 5) is 20.7. The number of hydrogen-bond acceptors (Lipinski definition) is 5. The number of rotatable bonds is 6. The molecular formula is C20H25N7O. The maximum Gasteiger partial charge on any atom is 0.220 e. The minimum atomic E-state index is 0.119. The predicted octanol–water partition coefficient (Wildman–Crippen LogP) is 2.31. The van der Waals surface area contributed by atoms with Crippen LogP contribution in [0, 0.1) is 0 Å². The van der Waals surface area contributed by atoms with Crippen LogP contribution in [0.2, 0.25) is 0 Å². The zero-order chi connectivity index (χ0) is 19.3. The zero-order valence-electron chi connectivity index (χ0n) is 16.0. The Morgan fingerprint density at radius 3 is 2.71 bits per heavy atom. The van der Waals surface area contributed by atoms with Gasteiger partial charge in [-0.05, 0) is 38.2 Å². The van der Waals surface area contributed by atoms with Crippen molar-refractivity contribution in [3.63, 3.8) is 0 Å². The quantitative estimate of drug-likeness (QED) is 0.710. The van der Waals surface area contributed by atoms with E-state index in [0.29, 0.717) is 12.5 Å². The predicted molar refractivity (Wildman–Crippen MR) is 104 cm³/mol. The van der Waals surface area contributed by atoms with Crippen LogP contribution in [0.1, 0.15) is 43.8 Å². The van der Waals surface area contributed by atoms with Crippen molar-refractivity contribution in [1.29, 1.82) is 0 Å². The number of hydrogen-bond donors (Lipinski definition) is 1. The first kappa shape index (κ1) is 18.3. The molecule has 0 saturated heterocycles. The smallest absolute Gasteiger partial charge is 0.220 e. The summed E-state index contributed by atoms with van der Waals surface area (Å²) in [5, 5.41) is 11.8. The molecule has 4 rings (SSSR count). The monoisotopic (exact) mass is 379 g/mol. The van der Waals surface area contributed by atoms with Gasteiger partial charge in [-0.3, -0.25) is 24.1 Å². The van der Waals surface area contributed by atoms with Crippen LogP contribution in [-0.4, -0.2) is 41.5 Å². The van der Waals surface area contributed by atoms with Crippen LogP contribution in [0.25, 0.3) is 11.3 Å². The lowest BCUT2D eigenvalue weighted by molar-refractivity contribution is -0.122. The molecule has 0 unspecified atom stereocenters. The third kappa shape index (κ3) is 4.27. The Morgan fingerprint density at radius 1 is 1.14 bits per heavy atom. The van der Waals surface area contributed by atoms with Crippen molar-refractivity contribution in [3.05, 3.63) is 48.9 Å². The highest BCUT2D eigenvalue weighted by Crippen LogP contribution is 2.29. The molecule has 0 aliphatic heterocycles. The summed E-state index contributed by atoms with van der Waals surface area (Å²) in [6, 6.07) is 2.58. The highest BCUT2D eigenvalue weighted by molar-refractivity contribution is 5.76. The molecule has 3 aromatic rings. The standard InChI is InChI=1S/C20H25N7O/c1-26-17(8-9-23-26)6-7-20(28)25-16-2-4-18(5-3-16)27-14-15(12-24-27)19-13-21-10-11-22-19/h8-14,16,18H,2-7H2,1H3,(H,25,28). The Kier molecular flexibility index (Phi) is 5.45. The van der Waals surface area contributed by atoms with Gasteiger partial charge in [0.25, 0.3) is 0 Å². The molecule has 28 heavy (non-hydrogen) atoms. The molecule has 8 nitrogen and oxygen atoms in total. The molecule has 1 amide bonds. The summed E-state index contributed by atoms with van der Waals surface area (Å²) < 4.78 is 3.85. The molecule has 0 bridgehead atoms. The second-order valence-corrected chi connectivity index (χ2v) is 7.32. The van der Waals surface area contributed by atoms with Crippen molar-refractivity contribution < 1.29 is 4.79 Å². The fourth-order valence-electron chi connectivity index (χ4n) is 3.79. The third-order valence-corrected chi connectivity index (χ3v) is 5.43. The van der Waals surface area contributed by atoms with Crippen molar-refractivity contribution in [2.75, 3.05) is 0 Å². The molecule has 0 radical (unpaired) electrons. The van der Waals surface area contributed by atoms with Gasteiger partial charge in [-0.15, -0.1) is 0 Å². The number of carbonyl (C=O) groups is 1. The number of amides is 1. The maximum absolute atomic E-state index is 12.3. The molecular weight excluding hydrogens is 354 g/mol. The molecule has 1 N–H and O–H groups in total. The van der Waals surface area contributed by atoms with Crippen LogP contribution >= 0.6 is 0 Å². The summed E-state index contributed by atoms with van der Waals surface area (Å²) in [6.07, 6.45) is 15.9. The molecule has 1 aliphatic rings. The van der Waals surface area contributed by atoms with Gasteiger partial charge in [0.15, 0.2) is 0 Å². The molecule has 0 spiro atoms. The van der Waals surface area contributed by atoms with E-state index in [0.717, 1.165) is 49.1 Å². The Bertz CT molecular complexity index is 910. The van der Waals surface area contributed by atoms with Gasteiger partial charge in [0, 0.05) is 55.6 Å². The first-order valence-electron chi connectivity index (χ1n) is 9.76. The van der Waals surface area contributed by atoms with Gasteiger partial charge >= 0.3 is 0 Å². The van der Waals surface area contributed by atoms with Crippen LogP contribution in [0.15, 0.2) is 43.2 Å². The van der Waals surface area contributed by atoms with Crippen LogP contribution in [0.4, 0.5) is 0 Å². The van der Waals surface area contributed by atoms with Crippen molar-refractivity contribution in [2.45, 2.75) is 50.6 Å². The van der Waals surface area contributed by atoms with E-state index < -0.39 is 0 Å². The van der Waals surface area contributed by atoms with E-state index in [-0.39, 0.29) is 11.9 Å². The van der Waals surface area contributed by atoms with Gasteiger partial charge < -0.3 is 5.32 Å². The fraction of sp³-hybridized carbons (Fsp3) is 0.450. The maximum atomic E-state index is 12.3. The van der Waals surface area contributed by atoms with E-state index >= 15 is 0 Å². The lowest BCUT2D eigenvalue weighted by Crippen LogP contribution is -2.38. The molecule has 0 atom stereocenters. The normalized spacial score (nSPS) is 19.5. The van der Waals surface area contributed by atoms with E-state index in [1.807, 2.05) is 34.9 Å². The summed E-state index contributed by atoms with van der Waals surface area (Å²) in [5.74, 6) is 0.119. The van der Waals surface area contributed by atoms with Crippen molar-refractivity contribution in [3.8, 4) is 11.3 Å². The summed E-state index contributed by atoms with van der Waals surface area (Å²) in [5.41, 5.74) is 2.90. The highest BCUT2D eigenvalue weighted by atomic mass is 16.1. The summed E-state index contributed by atoms with van der Waals surface area (Å²) >= 11 is 0. The lowest BCUT2D eigenvalue weighted by Gasteiger charge is -2.29. The molecule has 146 valence electrons. The Morgan fingerprint density at radius 2 is 2.00 bits per heavy atom. The first-order chi connectivity index (χ1) is 13.7. The van der Waals surface area contributed by atoms with Gasteiger partial charge in [-0.1, -0.05) is 0 Å². The molecule has 0 aromatic carbocycles. The average Bonchev–Trinajstić information content (AvgIpc) is 3.37. The summed E-state index contributed by atoms with van der Waals surface area (Å²) in [6.45, 7) is 0. The fourth-order valence-corrected chi connectivity index (χ4v) is 3.79. The van der Waals surface area contributed by atoms with Gasteiger partial charge in [0.1, 0.15) is 0 Å². The van der Waals surface area contributed by atoms with E-state index in [1.165, 1.54) is 0 Å². The minimum absolute atomic E-state index is 0.119. The average molecular weight is 379 g/mol. The van der Waals surface area contributed by atoms with Gasteiger partial charge in [-0.25, -0.2) is 0 Å². The Labute approximate surface area is 164 Å². The van der Waals surface area contributed by atoms with Crippen LogP contribution in [0.3, 0.4) is 0 Å². The van der Waals surface area contributed by atoms with Crippen molar-refractivity contribution in [1.82, 2.24) is 34.8 Å². The molecule has 1 saturated carbocycles. The van der Waals surface area contributed by atoms with E-state index in [1.54, 1.807) is 24.8 Å². The molecule has 1 aliphatic carbocycles. The number of nitrogens with one attached hydrogen (secondary N) is 1. The van der Waals surface area contributed by atoms with Crippen LogP contribution < -0.4 is 5.32 Å². The summed E-state index contributed by atoms with van der Waals surface area (Å²) in [7, 11) is 1.90. The number of aryl methyl sites for hydroxylation is 2. The topological polar surface area (TPSA) is 90.5 Å². The highest BCUT2D eigenvalue weighted by Gasteiger charge is 2.24. The second-order valence-electron chi connectivity index (χ2n) is 7.32. The Balaban J connectivity index is 1.25. The molecule has 3 heterocycles. The number of aromatic nitrogens is 6. The first-order valence-corrected chi connectivity index (χ1v) is 9.76.